The van der Waals surface area contributed by atoms with E-state index in [1.54, 1.807) is 0 Å². The Morgan fingerprint density at radius 1 is 1.20 bits per heavy atom. The lowest BCUT2D eigenvalue weighted by Crippen LogP contribution is -2.28. The van der Waals surface area contributed by atoms with E-state index >= 15 is 0 Å². The van der Waals surface area contributed by atoms with E-state index in [0.717, 1.165) is 31.1 Å². The number of aromatic nitrogens is 1. The first-order valence-electron chi connectivity index (χ1n) is 10.3. The largest absolute Gasteiger partial charge is 0.342 e. The molecule has 0 saturated carbocycles. The molecule has 1 aliphatic rings. The highest BCUT2D eigenvalue weighted by Gasteiger charge is 2.26. The van der Waals surface area contributed by atoms with Crippen LogP contribution in [0.25, 0.3) is 10.9 Å². The second-order valence-corrected chi connectivity index (χ2v) is 8.35. The van der Waals surface area contributed by atoms with Crippen molar-refractivity contribution in [2.75, 3.05) is 20.1 Å². The molecule has 3 aromatic rings. The molecule has 158 valence electrons. The van der Waals surface area contributed by atoms with E-state index in [2.05, 4.69) is 41.6 Å². The van der Waals surface area contributed by atoms with E-state index < -0.39 is 17.6 Å². The van der Waals surface area contributed by atoms with Crippen molar-refractivity contribution in [1.29, 1.82) is 0 Å². The Hall–Kier alpha value is -2.57. The third-order valence-corrected chi connectivity index (χ3v) is 6.11. The minimum atomic E-state index is -0.624. The van der Waals surface area contributed by atoms with Crippen molar-refractivity contribution in [1.82, 2.24) is 9.47 Å². The summed E-state index contributed by atoms with van der Waals surface area (Å²) >= 11 is 0. The molecule has 4 rings (SSSR count). The molecule has 4 nitrogen and oxygen atoms in total. The molecule has 1 atom stereocenters. The summed E-state index contributed by atoms with van der Waals surface area (Å²) in [5, 5.41) is 1.22. The van der Waals surface area contributed by atoms with Gasteiger partial charge in [-0.05, 0) is 49.7 Å². The standard InChI is InChI=1S/C24H27F2N3O/c1-15-3-6-23-21(9-15)20-7-8-28(2)14-24(20)29(23)13-16(10-18(30)12-27)19-5-4-17(25)11-22(19)26/h3-6,9,11,16H,7-8,10,12-14,27H2,1-2H3. The molecule has 0 aliphatic carbocycles. The fourth-order valence-corrected chi connectivity index (χ4v) is 4.58. The molecule has 2 N–H and O–H groups in total. The third-order valence-electron chi connectivity index (χ3n) is 6.11. The summed E-state index contributed by atoms with van der Waals surface area (Å²) in [5.74, 6) is -1.80. The molecule has 6 heteroatoms. The van der Waals surface area contributed by atoms with Crippen LogP contribution in [0.4, 0.5) is 8.78 Å². The minimum absolute atomic E-state index is 0.0915. The molecule has 1 aliphatic heterocycles. The highest BCUT2D eigenvalue weighted by molar-refractivity contribution is 5.87. The summed E-state index contributed by atoms with van der Waals surface area (Å²) < 4.78 is 30.4. The summed E-state index contributed by atoms with van der Waals surface area (Å²) in [6.07, 6.45) is 1.07. The summed E-state index contributed by atoms with van der Waals surface area (Å²) in [4.78, 5) is 14.5. The molecular formula is C24H27F2N3O. The van der Waals surface area contributed by atoms with Gasteiger partial charge in [-0.2, -0.15) is 0 Å². The van der Waals surface area contributed by atoms with E-state index in [4.69, 9.17) is 5.73 Å². The van der Waals surface area contributed by atoms with Crippen LogP contribution in [0, 0.1) is 18.6 Å². The Morgan fingerprint density at radius 2 is 2.00 bits per heavy atom. The highest BCUT2D eigenvalue weighted by atomic mass is 19.1. The van der Waals surface area contributed by atoms with E-state index in [1.807, 2.05) is 0 Å². The van der Waals surface area contributed by atoms with E-state index in [-0.39, 0.29) is 18.7 Å². The first kappa shape index (κ1) is 20.7. The van der Waals surface area contributed by atoms with Gasteiger partial charge in [0.1, 0.15) is 17.4 Å². The molecule has 0 saturated heterocycles. The third kappa shape index (κ3) is 3.89. The van der Waals surface area contributed by atoms with Gasteiger partial charge in [-0.3, -0.25) is 4.79 Å². The predicted molar refractivity (Wildman–Crippen MR) is 114 cm³/mol. The fourth-order valence-electron chi connectivity index (χ4n) is 4.58. The Balaban J connectivity index is 1.83. The normalized spacial score (nSPS) is 15.4. The number of carbonyl (C=O) groups excluding carboxylic acids is 1. The summed E-state index contributed by atoms with van der Waals surface area (Å²) in [6.45, 7) is 4.21. The molecule has 2 heterocycles. The number of likely N-dealkylation sites (N-methyl/N-ethyl adjacent to an activating group) is 1. The Bertz CT molecular complexity index is 1110. The number of hydrogen-bond donors (Lipinski definition) is 1. The Kier molecular flexibility index (Phi) is 5.71. The van der Waals surface area contributed by atoms with Gasteiger partial charge in [-0.25, -0.2) is 8.78 Å². The van der Waals surface area contributed by atoms with Crippen molar-refractivity contribution >= 4 is 16.7 Å². The van der Waals surface area contributed by atoms with Gasteiger partial charge in [0.25, 0.3) is 0 Å². The second kappa shape index (κ2) is 8.28. The van der Waals surface area contributed by atoms with Crippen LogP contribution in [0.15, 0.2) is 36.4 Å². The van der Waals surface area contributed by atoms with Gasteiger partial charge in [0.05, 0.1) is 6.54 Å². The Labute approximate surface area is 175 Å². The molecule has 1 unspecified atom stereocenters. The van der Waals surface area contributed by atoms with Gasteiger partial charge >= 0.3 is 0 Å². The maximum Gasteiger partial charge on any atom is 0.147 e. The van der Waals surface area contributed by atoms with Crippen molar-refractivity contribution in [3.63, 3.8) is 0 Å². The molecule has 0 bridgehead atoms. The average molecular weight is 411 g/mol. The van der Waals surface area contributed by atoms with Gasteiger partial charge in [-0.15, -0.1) is 0 Å². The number of halogens is 2. The van der Waals surface area contributed by atoms with Gasteiger partial charge in [-0.1, -0.05) is 17.7 Å². The lowest BCUT2D eigenvalue weighted by molar-refractivity contribution is -0.118. The second-order valence-electron chi connectivity index (χ2n) is 8.35. The fraction of sp³-hybridized carbons (Fsp3) is 0.375. The Morgan fingerprint density at radius 3 is 2.73 bits per heavy atom. The van der Waals surface area contributed by atoms with Crippen molar-refractivity contribution in [2.45, 2.75) is 38.8 Å². The molecule has 0 spiro atoms. The van der Waals surface area contributed by atoms with Crippen LogP contribution in [-0.2, 0) is 24.3 Å². The van der Waals surface area contributed by atoms with Gasteiger partial charge in [0.15, 0.2) is 0 Å². The topological polar surface area (TPSA) is 51.3 Å². The number of rotatable bonds is 6. The smallest absolute Gasteiger partial charge is 0.147 e. The highest BCUT2D eigenvalue weighted by Crippen LogP contribution is 2.34. The maximum absolute atomic E-state index is 14.7. The first-order valence-corrected chi connectivity index (χ1v) is 10.3. The number of hydrogen-bond acceptors (Lipinski definition) is 3. The van der Waals surface area contributed by atoms with Crippen molar-refractivity contribution in [2.24, 2.45) is 5.73 Å². The number of benzene rings is 2. The summed E-state index contributed by atoms with van der Waals surface area (Å²) in [5.41, 5.74) is 10.7. The number of ketones is 1. The number of nitrogens with zero attached hydrogens (tertiary/aromatic N) is 2. The number of nitrogens with two attached hydrogens (primary N) is 1. The van der Waals surface area contributed by atoms with Crippen molar-refractivity contribution < 1.29 is 13.6 Å². The minimum Gasteiger partial charge on any atom is -0.342 e. The number of fused-ring (bicyclic) bond motifs is 3. The lowest BCUT2D eigenvalue weighted by Gasteiger charge is -2.26. The quantitative estimate of drug-likeness (QED) is 0.669. The van der Waals surface area contributed by atoms with Crippen LogP contribution in [0.5, 0.6) is 0 Å². The first-order chi connectivity index (χ1) is 14.4. The molecule has 0 fully saturated rings. The van der Waals surface area contributed by atoms with Crippen LogP contribution < -0.4 is 5.73 Å². The van der Waals surface area contributed by atoms with Crippen LogP contribution in [0.3, 0.4) is 0 Å². The molecular weight excluding hydrogens is 384 g/mol. The van der Waals surface area contributed by atoms with Gasteiger partial charge in [0, 0.05) is 54.6 Å². The predicted octanol–water partition coefficient (Wildman–Crippen LogP) is 3.92. The molecule has 0 amide bonds. The van der Waals surface area contributed by atoms with Crippen LogP contribution in [0.1, 0.15) is 34.7 Å². The SMILES string of the molecule is Cc1ccc2c(c1)c1c(n2CC(CC(=O)CN)c2ccc(F)cc2F)CN(C)CC1. The molecule has 0 radical (unpaired) electrons. The zero-order chi connectivity index (χ0) is 21.4. The maximum atomic E-state index is 14.7. The van der Waals surface area contributed by atoms with Crippen LogP contribution in [0.2, 0.25) is 0 Å². The molecule has 30 heavy (non-hydrogen) atoms. The number of aryl methyl sites for hydroxylation is 1. The van der Waals surface area contributed by atoms with Crippen LogP contribution >= 0.6 is 0 Å². The molecule has 2 aromatic carbocycles. The van der Waals surface area contributed by atoms with Crippen molar-refractivity contribution in [3.8, 4) is 0 Å². The van der Waals surface area contributed by atoms with Gasteiger partial charge < -0.3 is 15.2 Å². The molecule has 1 aromatic heterocycles. The van der Waals surface area contributed by atoms with E-state index in [0.29, 0.717) is 12.1 Å². The lowest BCUT2D eigenvalue weighted by atomic mass is 9.92. The van der Waals surface area contributed by atoms with E-state index in [1.165, 1.54) is 34.3 Å². The van der Waals surface area contributed by atoms with E-state index in [9.17, 15) is 13.6 Å². The zero-order valence-electron chi connectivity index (χ0n) is 17.4. The monoisotopic (exact) mass is 411 g/mol. The zero-order valence-corrected chi connectivity index (χ0v) is 17.4. The van der Waals surface area contributed by atoms with Crippen LogP contribution in [-0.4, -0.2) is 35.4 Å². The average Bonchev–Trinajstić information content (AvgIpc) is 2.99. The van der Waals surface area contributed by atoms with Crippen molar-refractivity contribution in [3.05, 3.63) is 70.4 Å². The number of carbonyl (C=O) groups is 1. The summed E-state index contributed by atoms with van der Waals surface area (Å²) in [7, 11) is 2.09. The number of Topliss-reactive ketones (excluding diaryl/α,β-unsaturated/α-hetero) is 1. The van der Waals surface area contributed by atoms with Gasteiger partial charge in [0.2, 0.25) is 0 Å². The summed E-state index contributed by atoms with van der Waals surface area (Å²) in [6, 6.07) is 9.97.